The summed E-state index contributed by atoms with van der Waals surface area (Å²) in [5.74, 6) is 0.734. The Labute approximate surface area is 141 Å². The van der Waals surface area contributed by atoms with Crippen molar-refractivity contribution in [2.75, 3.05) is 13.2 Å². The fourth-order valence-electron chi connectivity index (χ4n) is 3.08. The summed E-state index contributed by atoms with van der Waals surface area (Å²) in [4.78, 5) is 0. The third-order valence-corrected chi connectivity index (χ3v) is 4.41. The molecule has 6 unspecified atom stereocenters. The minimum absolute atomic E-state index is 0.365. The van der Waals surface area contributed by atoms with Gasteiger partial charge in [0, 0.05) is 0 Å². The van der Waals surface area contributed by atoms with Gasteiger partial charge in [0.2, 0.25) is 0 Å². The van der Waals surface area contributed by atoms with Crippen LogP contribution in [0.4, 0.5) is 0 Å². The Hall–Kier alpha value is -0.200. The summed E-state index contributed by atoms with van der Waals surface area (Å²) in [6.45, 7) is 7.69. The van der Waals surface area contributed by atoms with E-state index in [2.05, 4.69) is 27.7 Å². The van der Waals surface area contributed by atoms with E-state index in [-0.39, 0.29) is 13.2 Å². The lowest BCUT2D eigenvalue weighted by molar-refractivity contribution is -0.143. The largest absolute Gasteiger partial charge is 0.394 e. The zero-order chi connectivity index (χ0) is 17.8. The number of ether oxygens (including phenoxy) is 1. The Bertz CT molecular complexity index is 248. The fourth-order valence-corrected chi connectivity index (χ4v) is 3.08. The zero-order valence-corrected chi connectivity index (χ0v) is 15.3. The van der Waals surface area contributed by atoms with Gasteiger partial charge in [0.05, 0.1) is 25.4 Å². The molecule has 5 heteroatoms. The molecule has 5 nitrogen and oxygen atoms in total. The van der Waals surface area contributed by atoms with E-state index in [9.17, 15) is 20.4 Å². The summed E-state index contributed by atoms with van der Waals surface area (Å²) in [6, 6.07) is 0. The van der Waals surface area contributed by atoms with E-state index in [0.717, 1.165) is 25.7 Å². The number of aliphatic hydroxyl groups excluding tert-OH is 4. The van der Waals surface area contributed by atoms with Gasteiger partial charge in [-0.25, -0.2) is 0 Å². The standard InChI is InChI=1S/C18H38O5/c1-5-7-13(3)9-17(15(21)11-19)23-18(16(22)12-20)10-14(4)8-6-2/h13-22H,5-12H2,1-4H3. The molecule has 6 atom stereocenters. The van der Waals surface area contributed by atoms with E-state index in [1.165, 1.54) is 0 Å². The Morgan fingerprint density at radius 2 is 1.09 bits per heavy atom. The minimum Gasteiger partial charge on any atom is -0.394 e. The summed E-state index contributed by atoms with van der Waals surface area (Å²) in [6.07, 6.45) is 2.43. The lowest BCUT2D eigenvalue weighted by atomic mass is 9.94. The number of hydrogen-bond acceptors (Lipinski definition) is 5. The van der Waals surface area contributed by atoms with Crippen molar-refractivity contribution in [2.45, 2.75) is 90.6 Å². The van der Waals surface area contributed by atoms with Crippen molar-refractivity contribution in [3.63, 3.8) is 0 Å². The third-order valence-electron chi connectivity index (χ3n) is 4.41. The van der Waals surface area contributed by atoms with Gasteiger partial charge in [0.25, 0.3) is 0 Å². The van der Waals surface area contributed by atoms with Crippen molar-refractivity contribution in [2.24, 2.45) is 11.8 Å². The monoisotopic (exact) mass is 334 g/mol. The van der Waals surface area contributed by atoms with Crippen LogP contribution in [0.25, 0.3) is 0 Å². The molecule has 0 amide bonds. The van der Waals surface area contributed by atoms with Crippen LogP contribution in [0, 0.1) is 11.8 Å². The average Bonchev–Trinajstić information content (AvgIpc) is 2.52. The molecule has 0 spiro atoms. The summed E-state index contributed by atoms with van der Waals surface area (Å²) >= 11 is 0. The Morgan fingerprint density at radius 3 is 1.35 bits per heavy atom. The number of rotatable bonds is 14. The summed E-state index contributed by atoms with van der Waals surface area (Å²) in [5.41, 5.74) is 0. The van der Waals surface area contributed by atoms with Crippen LogP contribution in [0.1, 0.15) is 66.2 Å². The van der Waals surface area contributed by atoms with Gasteiger partial charge in [0.15, 0.2) is 0 Å². The quantitative estimate of drug-likeness (QED) is 0.391. The molecule has 0 radical (unpaired) electrons. The topological polar surface area (TPSA) is 90.2 Å². The fraction of sp³-hybridized carbons (Fsp3) is 1.00. The van der Waals surface area contributed by atoms with E-state index in [4.69, 9.17) is 4.74 Å². The van der Waals surface area contributed by atoms with Crippen LogP contribution in [0.15, 0.2) is 0 Å². The summed E-state index contributed by atoms with van der Waals surface area (Å²) < 4.78 is 5.97. The van der Waals surface area contributed by atoms with Crippen LogP contribution in [0.5, 0.6) is 0 Å². The molecule has 23 heavy (non-hydrogen) atoms. The van der Waals surface area contributed by atoms with Crippen LogP contribution in [0.3, 0.4) is 0 Å². The molecule has 0 saturated carbocycles. The second kappa shape index (κ2) is 13.1. The molecule has 4 N–H and O–H groups in total. The Morgan fingerprint density at radius 1 is 0.739 bits per heavy atom. The molecule has 0 aromatic heterocycles. The van der Waals surface area contributed by atoms with Gasteiger partial charge >= 0.3 is 0 Å². The van der Waals surface area contributed by atoms with Gasteiger partial charge in [-0.3, -0.25) is 0 Å². The first-order valence-electron chi connectivity index (χ1n) is 9.12. The van der Waals surface area contributed by atoms with Crippen molar-refractivity contribution in [3.05, 3.63) is 0 Å². The molecule has 0 heterocycles. The van der Waals surface area contributed by atoms with Crippen LogP contribution < -0.4 is 0 Å². The lowest BCUT2D eigenvalue weighted by Crippen LogP contribution is -2.42. The highest BCUT2D eigenvalue weighted by atomic mass is 16.5. The Balaban J connectivity index is 4.87. The van der Waals surface area contributed by atoms with E-state index in [0.29, 0.717) is 24.7 Å². The maximum atomic E-state index is 10.1. The molecule has 140 valence electrons. The zero-order valence-electron chi connectivity index (χ0n) is 15.3. The predicted octanol–water partition coefficient (Wildman–Crippen LogP) is 2.10. The van der Waals surface area contributed by atoms with Gasteiger partial charge in [-0.15, -0.1) is 0 Å². The number of hydrogen-bond donors (Lipinski definition) is 4. The van der Waals surface area contributed by atoms with Gasteiger partial charge in [0.1, 0.15) is 12.2 Å². The maximum absolute atomic E-state index is 10.1. The Kier molecular flexibility index (Phi) is 13.0. The highest BCUT2D eigenvalue weighted by molar-refractivity contribution is 4.78. The lowest BCUT2D eigenvalue weighted by Gasteiger charge is -2.32. The van der Waals surface area contributed by atoms with Crippen molar-refractivity contribution < 1.29 is 25.2 Å². The van der Waals surface area contributed by atoms with Gasteiger partial charge in [-0.2, -0.15) is 0 Å². The van der Waals surface area contributed by atoms with Gasteiger partial charge in [-0.05, 0) is 24.7 Å². The molecule has 0 aliphatic rings. The highest BCUT2D eigenvalue weighted by Crippen LogP contribution is 2.23. The molecule has 0 fully saturated rings. The van der Waals surface area contributed by atoms with Crippen molar-refractivity contribution in [3.8, 4) is 0 Å². The first-order valence-corrected chi connectivity index (χ1v) is 9.12. The summed E-state index contributed by atoms with van der Waals surface area (Å²) in [5, 5.41) is 38.7. The van der Waals surface area contributed by atoms with E-state index < -0.39 is 24.4 Å². The van der Waals surface area contributed by atoms with E-state index in [1.807, 2.05) is 0 Å². The number of aliphatic hydroxyl groups is 4. The van der Waals surface area contributed by atoms with Crippen molar-refractivity contribution >= 4 is 0 Å². The van der Waals surface area contributed by atoms with Crippen molar-refractivity contribution in [1.29, 1.82) is 0 Å². The molecular weight excluding hydrogens is 296 g/mol. The second-order valence-electron chi connectivity index (χ2n) is 6.97. The first kappa shape index (κ1) is 22.8. The van der Waals surface area contributed by atoms with Crippen molar-refractivity contribution in [1.82, 2.24) is 0 Å². The molecule has 0 aliphatic heterocycles. The van der Waals surface area contributed by atoms with Crippen LogP contribution in [-0.4, -0.2) is 58.1 Å². The van der Waals surface area contributed by atoms with Crippen LogP contribution in [0.2, 0.25) is 0 Å². The minimum atomic E-state index is -0.968. The molecule has 0 aromatic rings. The average molecular weight is 334 g/mol. The predicted molar refractivity (Wildman–Crippen MR) is 92.2 cm³/mol. The SMILES string of the molecule is CCCC(C)CC(OC(CC(C)CCC)C(O)CO)C(O)CO. The highest BCUT2D eigenvalue weighted by Gasteiger charge is 2.29. The van der Waals surface area contributed by atoms with Gasteiger partial charge in [-0.1, -0.05) is 53.4 Å². The molecule has 0 rings (SSSR count). The second-order valence-corrected chi connectivity index (χ2v) is 6.97. The third kappa shape index (κ3) is 9.62. The van der Waals surface area contributed by atoms with Crippen LogP contribution in [-0.2, 0) is 4.74 Å². The molecule has 0 bridgehead atoms. The molecule has 0 aliphatic carbocycles. The van der Waals surface area contributed by atoms with E-state index in [1.54, 1.807) is 0 Å². The van der Waals surface area contributed by atoms with E-state index >= 15 is 0 Å². The molecule has 0 aromatic carbocycles. The molecular formula is C18H38O5. The molecule has 0 saturated heterocycles. The maximum Gasteiger partial charge on any atom is 0.103 e. The summed E-state index contributed by atoms with van der Waals surface area (Å²) in [7, 11) is 0. The normalized spacial score (nSPS) is 19.8. The van der Waals surface area contributed by atoms with Gasteiger partial charge < -0.3 is 25.2 Å². The smallest absolute Gasteiger partial charge is 0.103 e. The first-order chi connectivity index (χ1) is 10.9. The van der Waals surface area contributed by atoms with Crippen LogP contribution >= 0.6 is 0 Å².